The number of Topliss-reactive ketones (excluding diaryl/α,β-unsaturated/α-hetero) is 1. The smallest absolute Gasteiger partial charge is 0.145 e. The zero-order valence-electron chi connectivity index (χ0n) is 19.3. The van der Waals surface area contributed by atoms with Crippen molar-refractivity contribution < 1.29 is 9.90 Å². The van der Waals surface area contributed by atoms with Crippen LogP contribution in [0.2, 0.25) is 0 Å². The normalized spacial score (nSPS) is 45.0. The van der Waals surface area contributed by atoms with E-state index in [1.807, 2.05) is 0 Å². The third-order valence-electron chi connectivity index (χ3n) is 9.87. The molecule has 0 saturated heterocycles. The second kappa shape index (κ2) is 7.66. The lowest BCUT2D eigenvalue weighted by atomic mass is 9.46. The van der Waals surface area contributed by atoms with Crippen LogP contribution in [0.3, 0.4) is 0 Å². The molecule has 29 heavy (non-hydrogen) atoms. The summed E-state index contributed by atoms with van der Waals surface area (Å²) >= 11 is 0. The lowest BCUT2D eigenvalue weighted by Crippen LogP contribution is -2.54. The molecule has 162 valence electrons. The summed E-state index contributed by atoms with van der Waals surface area (Å²) in [5.41, 5.74) is 2.85. The minimum absolute atomic E-state index is 0.295. The van der Waals surface area contributed by atoms with E-state index in [1.165, 1.54) is 49.7 Å². The predicted molar refractivity (Wildman–Crippen MR) is 119 cm³/mol. The Morgan fingerprint density at radius 1 is 1.21 bits per heavy atom. The molecule has 3 saturated carbocycles. The van der Waals surface area contributed by atoms with Gasteiger partial charge in [0.1, 0.15) is 5.78 Å². The molecule has 0 radical (unpaired) electrons. The van der Waals surface area contributed by atoms with Crippen molar-refractivity contribution in [3.05, 3.63) is 23.3 Å². The maximum Gasteiger partial charge on any atom is 0.145 e. The van der Waals surface area contributed by atoms with Crippen LogP contribution in [-0.4, -0.2) is 17.0 Å². The minimum atomic E-state index is -0.454. The molecule has 2 nitrogen and oxygen atoms in total. The predicted octanol–water partition coefficient (Wildman–Crippen LogP) is 6.49. The monoisotopic (exact) mass is 398 g/mol. The van der Waals surface area contributed by atoms with E-state index in [1.54, 1.807) is 0 Å². The fraction of sp³-hybridized carbons (Fsp3) is 0.815. The van der Waals surface area contributed by atoms with Crippen LogP contribution in [0.4, 0.5) is 0 Å². The molecule has 4 aliphatic carbocycles. The van der Waals surface area contributed by atoms with Crippen molar-refractivity contribution in [2.24, 2.45) is 40.4 Å². The van der Waals surface area contributed by atoms with Gasteiger partial charge in [0.05, 0.1) is 11.5 Å². The Labute approximate surface area is 178 Å². The number of aliphatic hydroxyl groups is 1. The number of aliphatic hydroxyl groups excluding tert-OH is 1. The molecular weight excluding hydrogens is 356 g/mol. The number of hydrogen-bond acceptors (Lipinski definition) is 2. The highest BCUT2D eigenvalue weighted by Gasteiger charge is 2.60. The van der Waals surface area contributed by atoms with Crippen molar-refractivity contribution in [3.8, 4) is 0 Å². The summed E-state index contributed by atoms with van der Waals surface area (Å²) in [5.74, 6) is 3.86. The van der Waals surface area contributed by atoms with E-state index in [0.717, 1.165) is 30.6 Å². The molecule has 1 N–H and O–H groups in total. The summed E-state index contributed by atoms with van der Waals surface area (Å²) in [7, 11) is 0. The number of ketones is 1. The Morgan fingerprint density at radius 2 is 1.97 bits per heavy atom. The first kappa shape index (κ1) is 21.3. The number of rotatable bonds is 4. The molecule has 4 rings (SSSR count). The van der Waals surface area contributed by atoms with Gasteiger partial charge in [-0.2, -0.15) is 0 Å². The molecule has 0 unspecified atom stereocenters. The quantitative estimate of drug-likeness (QED) is 0.550. The molecular formula is C27H42O2. The standard InChI is InChI=1S/C27H42O2/c1-17(2)7-6-8-18(3)22-11-12-23-21-10-9-19-15-20(28)16-25(29)27(19,5)24(21)13-14-26(22,23)4/h7,9,18,20-24,28H,6,8,10-16H2,1-5H3/t18-,20+,21+,22-,23+,24+,26-,27+/m1/s1. The Hall–Kier alpha value is -0.890. The lowest BCUT2D eigenvalue weighted by molar-refractivity contribution is -0.140. The van der Waals surface area contributed by atoms with Gasteiger partial charge < -0.3 is 5.11 Å². The van der Waals surface area contributed by atoms with Gasteiger partial charge in [-0.3, -0.25) is 4.79 Å². The van der Waals surface area contributed by atoms with Crippen LogP contribution in [0.1, 0.15) is 92.4 Å². The van der Waals surface area contributed by atoms with E-state index in [-0.39, 0.29) is 5.41 Å². The molecule has 0 bridgehead atoms. The van der Waals surface area contributed by atoms with Crippen LogP contribution in [0.5, 0.6) is 0 Å². The van der Waals surface area contributed by atoms with E-state index >= 15 is 0 Å². The van der Waals surface area contributed by atoms with Crippen molar-refractivity contribution in [1.29, 1.82) is 0 Å². The topological polar surface area (TPSA) is 37.3 Å². The van der Waals surface area contributed by atoms with Crippen LogP contribution in [0, 0.1) is 40.4 Å². The number of hydrogen-bond donors (Lipinski definition) is 1. The fourth-order valence-corrected chi connectivity index (χ4v) is 8.31. The molecule has 0 aromatic rings. The molecule has 8 atom stereocenters. The molecule has 3 fully saturated rings. The van der Waals surface area contributed by atoms with Gasteiger partial charge >= 0.3 is 0 Å². The Bertz CT molecular complexity index is 714. The second-order valence-corrected chi connectivity index (χ2v) is 11.6. The highest BCUT2D eigenvalue weighted by molar-refractivity contribution is 5.90. The van der Waals surface area contributed by atoms with E-state index < -0.39 is 6.10 Å². The third kappa shape index (κ3) is 3.38. The van der Waals surface area contributed by atoms with Crippen LogP contribution in [-0.2, 0) is 4.79 Å². The summed E-state index contributed by atoms with van der Waals surface area (Å²) in [4.78, 5) is 13.1. The summed E-state index contributed by atoms with van der Waals surface area (Å²) in [6.07, 6.45) is 14.3. The van der Waals surface area contributed by atoms with Crippen molar-refractivity contribution in [2.75, 3.05) is 0 Å². The Kier molecular flexibility index (Phi) is 5.64. The zero-order valence-corrected chi connectivity index (χ0v) is 19.3. The van der Waals surface area contributed by atoms with E-state index in [4.69, 9.17) is 0 Å². The van der Waals surface area contributed by atoms with Crippen LogP contribution in [0.15, 0.2) is 23.3 Å². The first-order chi connectivity index (χ1) is 13.7. The van der Waals surface area contributed by atoms with Crippen molar-refractivity contribution in [3.63, 3.8) is 0 Å². The molecule has 2 heteroatoms. The molecule has 0 amide bonds. The molecule has 0 aromatic heterocycles. The maximum absolute atomic E-state index is 13.1. The summed E-state index contributed by atoms with van der Waals surface area (Å²) in [6.45, 7) is 11.7. The van der Waals surface area contributed by atoms with Gasteiger partial charge in [0.25, 0.3) is 0 Å². The minimum Gasteiger partial charge on any atom is -0.392 e. The SMILES string of the molecule is CC(C)=CCC[C@@H](C)[C@H]1CC[C@H]2[C@@H]3CC=C4C[C@H](O)CC(=O)[C@]4(C)[C@H]3CC[C@]12C. The summed E-state index contributed by atoms with van der Waals surface area (Å²) in [5, 5.41) is 10.2. The number of carbonyl (C=O) groups excluding carboxylic acids is 1. The first-order valence-corrected chi connectivity index (χ1v) is 12.2. The number of carbonyl (C=O) groups is 1. The third-order valence-corrected chi connectivity index (χ3v) is 9.87. The van der Waals surface area contributed by atoms with Gasteiger partial charge in [-0.1, -0.05) is 37.1 Å². The second-order valence-electron chi connectivity index (χ2n) is 11.6. The Balaban J connectivity index is 1.55. The van der Waals surface area contributed by atoms with E-state index in [2.05, 4.69) is 46.8 Å². The van der Waals surface area contributed by atoms with Crippen LogP contribution >= 0.6 is 0 Å². The van der Waals surface area contributed by atoms with Gasteiger partial charge in [0, 0.05) is 6.42 Å². The van der Waals surface area contributed by atoms with E-state index in [0.29, 0.717) is 29.5 Å². The van der Waals surface area contributed by atoms with Gasteiger partial charge in [-0.15, -0.1) is 0 Å². The highest BCUT2D eigenvalue weighted by atomic mass is 16.3. The summed E-state index contributed by atoms with van der Waals surface area (Å²) in [6, 6.07) is 0. The highest BCUT2D eigenvalue weighted by Crippen LogP contribution is 2.66. The van der Waals surface area contributed by atoms with Crippen LogP contribution < -0.4 is 0 Å². The van der Waals surface area contributed by atoms with Crippen molar-refractivity contribution in [1.82, 2.24) is 0 Å². The Morgan fingerprint density at radius 3 is 2.69 bits per heavy atom. The van der Waals surface area contributed by atoms with Crippen molar-refractivity contribution in [2.45, 2.75) is 98.5 Å². The molecule has 0 aromatic carbocycles. The molecule has 0 spiro atoms. The fourth-order valence-electron chi connectivity index (χ4n) is 8.31. The molecule has 0 aliphatic heterocycles. The maximum atomic E-state index is 13.1. The average molecular weight is 399 g/mol. The largest absolute Gasteiger partial charge is 0.392 e. The average Bonchev–Trinajstić information content (AvgIpc) is 3.00. The van der Waals surface area contributed by atoms with Gasteiger partial charge in [0.15, 0.2) is 0 Å². The van der Waals surface area contributed by atoms with Gasteiger partial charge in [-0.05, 0) is 107 Å². The molecule has 4 aliphatic rings. The van der Waals surface area contributed by atoms with E-state index in [9.17, 15) is 9.90 Å². The van der Waals surface area contributed by atoms with Crippen LogP contribution in [0.25, 0.3) is 0 Å². The van der Waals surface area contributed by atoms with Gasteiger partial charge in [0.2, 0.25) is 0 Å². The number of allylic oxidation sites excluding steroid dienone is 3. The molecule has 0 heterocycles. The van der Waals surface area contributed by atoms with Gasteiger partial charge in [-0.25, -0.2) is 0 Å². The summed E-state index contributed by atoms with van der Waals surface area (Å²) < 4.78 is 0. The zero-order chi connectivity index (χ0) is 21.0. The van der Waals surface area contributed by atoms with Crippen molar-refractivity contribution >= 4 is 5.78 Å². The number of fused-ring (bicyclic) bond motifs is 5. The lowest BCUT2D eigenvalue weighted by Gasteiger charge is -2.57. The first-order valence-electron chi connectivity index (χ1n) is 12.2.